The molecule has 0 amide bonds. The van der Waals surface area contributed by atoms with Crippen LogP contribution in [0.15, 0.2) is 44.7 Å². The fourth-order valence-electron chi connectivity index (χ4n) is 1.39. The molecule has 1 heterocycles. The van der Waals surface area contributed by atoms with E-state index in [1.165, 1.54) is 0 Å². The minimum Gasteiger partial charge on any atom is -0.468 e. The second-order valence-electron chi connectivity index (χ2n) is 3.32. The molecule has 16 heavy (non-hydrogen) atoms. The van der Waals surface area contributed by atoms with E-state index in [4.69, 9.17) is 16.0 Å². The standard InChI is InChI=1S/C12H11ClO2S/c1-8-11(5-6-15-8)16-12-4-2-3-10(13)9(12)7-14/h2-6,14H,7H2,1H3. The molecule has 0 fully saturated rings. The zero-order valence-electron chi connectivity index (χ0n) is 8.74. The fourth-order valence-corrected chi connectivity index (χ4v) is 2.67. The van der Waals surface area contributed by atoms with Crippen molar-refractivity contribution in [1.82, 2.24) is 0 Å². The summed E-state index contributed by atoms with van der Waals surface area (Å²) in [6.07, 6.45) is 1.65. The highest BCUT2D eigenvalue weighted by Gasteiger charge is 2.09. The van der Waals surface area contributed by atoms with Crippen molar-refractivity contribution in [2.45, 2.75) is 23.3 Å². The van der Waals surface area contributed by atoms with Gasteiger partial charge in [0.2, 0.25) is 0 Å². The molecule has 0 aliphatic heterocycles. The summed E-state index contributed by atoms with van der Waals surface area (Å²) in [5, 5.41) is 9.87. The van der Waals surface area contributed by atoms with Gasteiger partial charge in [-0.05, 0) is 25.1 Å². The lowest BCUT2D eigenvalue weighted by Gasteiger charge is -2.07. The Kier molecular flexibility index (Phi) is 3.59. The molecule has 2 rings (SSSR count). The van der Waals surface area contributed by atoms with Gasteiger partial charge in [-0.15, -0.1) is 0 Å². The largest absolute Gasteiger partial charge is 0.468 e. The van der Waals surface area contributed by atoms with E-state index in [9.17, 15) is 5.11 Å². The van der Waals surface area contributed by atoms with Crippen LogP contribution in [0.25, 0.3) is 0 Å². The number of halogens is 1. The molecule has 0 radical (unpaired) electrons. The van der Waals surface area contributed by atoms with E-state index in [-0.39, 0.29) is 6.61 Å². The van der Waals surface area contributed by atoms with Crippen LogP contribution in [0.4, 0.5) is 0 Å². The first kappa shape index (κ1) is 11.6. The smallest absolute Gasteiger partial charge is 0.114 e. The first-order chi connectivity index (χ1) is 7.72. The molecule has 4 heteroatoms. The normalized spacial score (nSPS) is 10.7. The number of aliphatic hydroxyl groups is 1. The van der Waals surface area contributed by atoms with E-state index in [1.54, 1.807) is 24.1 Å². The van der Waals surface area contributed by atoms with Crippen molar-refractivity contribution in [2.24, 2.45) is 0 Å². The van der Waals surface area contributed by atoms with Gasteiger partial charge in [0.05, 0.1) is 17.8 Å². The van der Waals surface area contributed by atoms with Gasteiger partial charge in [-0.1, -0.05) is 29.4 Å². The maximum atomic E-state index is 9.28. The minimum atomic E-state index is -0.0566. The van der Waals surface area contributed by atoms with Gasteiger partial charge in [0.1, 0.15) is 5.76 Å². The van der Waals surface area contributed by atoms with Crippen LogP contribution in [-0.4, -0.2) is 5.11 Å². The summed E-state index contributed by atoms with van der Waals surface area (Å²) >= 11 is 7.56. The van der Waals surface area contributed by atoms with Gasteiger partial charge in [0.15, 0.2) is 0 Å². The third kappa shape index (κ3) is 2.26. The van der Waals surface area contributed by atoms with Gasteiger partial charge < -0.3 is 9.52 Å². The predicted octanol–water partition coefficient (Wildman–Crippen LogP) is 3.88. The van der Waals surface area contributed by atoms with Crippen LogP contribution in [0.5, 0.6) is 0 Å². The van der Waals surface area contributed by atoms with Crippen LogP contribution in [0.3, 0.4) is 0 Å². The zero-order valence-corrected chi connectivity index (χ0v) is 10.3. The van der Waals surface area contributed by atoms with Gasteiger partial charge in [0, 0.05) is 15.5 Å². The number of hydrogen-bond acceptors (Lipinski definition) is 3. The molecule has 0 saturated carbocycles. The SMILES string of the molecule is Cc1occc1Sc1cccc(Cl)c1CO. The lowest BCUT2D eigenvalue weighted by molar-refractivity contribution is 0.279. The summed E-state index contributed by atoms with van der Waals surface area (Å²) < 4.78 is 5.22. The van der Waals surface area contributed by atoms with Crippen molar-refractivity contribution < 1.29 is 9.52 Å². The monoisotopic (exact) mass is 254 g/mol. The maximum absolute atomic E-state index is 9.28. The average Bonchev–Trinajstić information content (AvgIpc) is 2.65. The van der Waals surface area contributed by atoms with Crippen LogP contribution in [0.1, 0.15) is 11.3 Å². The van der Waals surface area contributed by atoms with E-state index in [1.807, 2.05) is 25.1 Å². The Hall–Kier alpha value is -0.900. The highest BCUT2D eigenvalue weighted by Crippen LogP contribution is 2.35. The number of hydrogen-bond donors (Lipinski definition) is 1. The van der Waals surface area contributed by atoms with Crippen LogP contribution in [-0.2, 0) is 6.61 Å². The van der Waals surface area contributed by atoms with Gasteiger partial charge in [-0.3, -0.25) is 0 Å². The number of rotatable bonds is 3. The van der Waals surface area contributed by atoms with Crippen molar-refractivity contribution in [3.63, 3.8) is 0 Å². The van der Waals surface area contributed by atoms with Gasteiger partial charge >= 0.3 is 0 Å². The molecule has 0 saturated heterocycles. The van der Waals surface area contributed by atoms with Gasteiger partial charge in [-0.25, -0.2) is 0 Å². The summed E-state index contributed by atoms with van der Waals surface area (Å²) in [5.41, 5.74) is 0.759. The van der Waals surface area contributed by atoms with Crippen LogP contribution < -0.4 is 0 Å². The molecule has 1 aromatic heterocycles. The molecule has 0 unspecified atom stereocenters. The van der Waals surface area contributed by atoms with E-state index >= 15 is 0 Å². The highest BCUT2D eigenvalue weighted by molar-refractivity contribution is 7.99. The molecule has 0 spiro atoms. The molecule has 1 aromatic carbocycles. The Balaban J connectivity index is 2.35. The number of furan rings is 1. The average molecular weight is 255 g/mol. The Morgan fingerprint density at radius 2 is 2.12 bits per heavy atom. The van der Waals surface area contributed by atoms with Crippen LogP contribution in [0, 0.1) is 6.92 Å². The van der Waals surface area contributed by atoms with Crippen molar-refractivity contribution in [1.29, 1.82) is 0 Å². The predicted molar refractivity (Wildman–Crippen MR) is 64.9 cm³/mol. The number of aliphatic hydroxyl groups excluding tert-OH is 1. The Bertz CT molecular complexity index is 494. The molecule has 0 bridgehead atoms. The molecule has 2 aromatic rings. The lowest BCUT2D eigenvalue weighted by Crippen LogP contribution is -1.88. The van der Waals surface area contributed by atoms with Gasteiger partial charge in [-0.2, -0.15) is 0 Å². The lowest BCUT2D eigenvalue weighted by atomic mass is 10.2. The number of benzene rings is 1. The maximum Gasteiger partial charge on any atom is 0.114 e. The first-order valence-electron chi connectivity index (χ1n) is 4.82. The summed E-state index contributed by atoms with van der Waals surface area (Å²) in [4.78, 5) is 2.00. The molecule has 2 nitrogen and oxygen atoms in total. The minimum absolute atomic E-state index is 0.0566. The Morgan fingerprint density at radius 1 is 1.31 bits per heavy atom. The highest BCUT2D eigenvalue weighted by atomic mass is 35.5. The molecular weight excluding hydrogens is 244 g/mol. The van der Waals surface area contributed by atoms with Crippen molar-refractivity contribution >= 4 is 23.4 Å². The van der Waals surface area contributed by atoms with E-state index in [0.29, 0.717) is 5.02 Å². The summed E-state index contributed by atoms with van der Waals surface area (Å²) in [5.74, 6) is 0.869. The second-order valence-corrected chi connectivity index (χ2v) is 4.81. The number of aryl methyl sites for hydroxylation is 1. The summed E-state index contributed by atoms with van der Waals surface area (Å²) in [6, 6.07) is 7.50. The van der Waals surface area contributed by atoms with Crippen LogP contribution >= 0.6 is 23.4 Å². The van der Waals surface area contributed by atoms with Crippen molar-refractivity contribution in [3.05, 3.63) is 46.9 Å². The van der Waals surface area contributed by atoms with Crippen molar-refractivity contribution in [3.8, 4) is 0 Å². The van der Waals surface area contributed by atoms with E-state index in [0.717, 1.165) is 21.1 Å². The van der Waals surface area contributed by atoms with E-state index < -0.39 is 0 Å². The summed E-state index contributed by atoms with van der Waals surface area (Å²) in [6.45, 7) is 1.85. The molecule has 1 N–H and O–H groups in total. The molecular formula is C12H11ClO2S. The Labute approximate surface area is 103 Å². The fraction of sp³-hybridized carbons (Fsp3) is 0.167. The molecule has 0 aliphatic carbocycles. The zero-order chi connectivity index (χ0) is 11.5. The molecule has 0 aliphatic rings. The van der Waals surface area contributed by atoms with E-state index in [2.05, 4.69) is 0 Å². The summed E-state index contributed by atoms with van der Waals surface area (Å²) in [7, 11) is 0. The first-order valence-corrected chi connectivity index (χ1v) is 6.02. The molecule has 0 atom stereocenters. The molecule has 84 valence electrons. The van der Waals surface area contributed by atoms with Crippen LogP contribution in [0.2, 0.25) is 5.02 Å². The van der Waals surface area contributed by atoms with Crippen molar-refractivity contribution in [2.75, 3.05) is 0 Å². The topological polar surface area (TPSA) is 33.4 Å². The third-order valence-corrected chi connectivity index (χ3v) is 3.87. The second kappa shape index (κ2) is 4.95. The van der Waals surface area contributed by atoms with Gasteiger partial charge in [0.25, 0.3) is 0 Å². The third-order valence-electron chi connectivity index (χ3n) is 2.27. The Morgan fingerprint density at radius 3 is 2.75 bits per heavy atom. The quantitative estimate of drug-likeness (QED) is 0.902.